The molecule has 132 valence electrons. The van der Waals surface area contributed by atoms with Gasteiger partial charge in [0.2, 0.25) is 5.91 Å². The predicted octanol–water partition coefficient (Wildman–Crippen LogP) is 2.99. The standard InChI is InChI=1S/C19H22N2O4/c1-12-15(13(2)25-21-12)8-9-18(22)20-11-19(3,23)17-10-14-6-4-5-7-16(14)24-17/h4-7,10,23H,8-9,11H2,1-3H3,(H,20,22). The van der Waals surface area contributed by atoms with Crippen LogP contribution >= 0.6 is 0 Å². The second kappa shape index (κ2) is 6.72. The Morgan fingerprint density at radius 1 is 1.32 bits per heavy atom. The predicted molar refractivity (Wildman–Crippen MR) is 93.1 cm³/mol. The van der Waals surface area contributed by atoms with E-state index in [4.69, 9.17) is 8.94 Å². The van der Waals surface area contributed by atoms with Crippen molar-refractivity contribution < 1.29 is 18.8 Å². The highest BCUT2D eigenvalue weighted by molar-refractivity contribution is 5.78. The number of hydrogen-bond acceptors (Lipinski definition) is 5. The van der Waals surface area contributed by atoms with Gasteiger partial charge in [-0.1, -0.05) is 23.4 Å². The van der Waals surface area contributed by atoms with Gasteiger partial charge in [-0.25, -0.2) is 0 Å². The molecule has 6 nitrogen and oxygen atoms in total. The lowest BCUT2D eigenvalue weighted by Gasteiger charge is -2.21. The van der Waals surface area contributed by atoms with E-state index in [1.807, 2.05) is 38.1 Å². The smallest absolute Gasteiger partial charge is 0.220 e. The summed E-state index contributed by atoms with van der Waals surface area (Å²) in [5, 5.41) is 18.2. The molecule has 0 saturated carbocycles. The topological polar surface area (TPSA) is 88.5 Å². The van der Waals surface area contributed by atoms with Gasteiger partial charge >= 0.3 is 0 Å². The summed E-state index contributed by atoms with van der Waals surface area (Å²) in [6, 6.07) is 9.34. The third-order valence-electron chi connectivity index (χ3n) is 4.37. The van der Waals surface area contributed by atoms with Crippen LogP contribution in [0.5, 0.6) is 0 Å². The number of nitrogens with one attached hydrogen (secondary N) is 1. The number of carbonyl (C=O) groups is 1. The number of benzene rings is 1. The van der Waals surface area contributed by atoms with E-state index in [1.54, 1.807) is 13.0 Å². The molecule has 1 unspecified atom stereocenters. The summed E-state index contributed by atoms with van der Waals surface area (Å²) in [6.45, 7) is 5.39. The molecule has 1 atom stereocenters. The molecule has 0 radical (unpaired) electrons. The molecule has 0 aliphatic rings. The third kappa shape index (κ3) is 3.74. The van der Waals surface area contributed by atoms with Crippen molar-refractivity contribution in [2.45, 2.75) is 39.2 Å². The Balaban J connectivity index is 1.58. The number of fused-ring (bicyclic) bond motifs is 1. The van der Waals surface area contributed by atoms with Crippen LogP contribution in [0.4, 0.5) is 0 Å². The van der Waals surface area contributed by atoms with Gasteiger partial charge in [0, 0.05) is 17.4 Å². The first-order valence-electron chi connectivity index (χ1n) is 8.27. The van der Waals surface area contributed by atoms with Gasteiger partial charge in [0.05, 0.1) is 12.2 Å². The van der Waals surface area contributed by atoms with Crippen LogP contribution in [0.1, 0.15) is 36.1 Å². The van der Waals surface area contributed by atoms with Crippen molar-refractivity contribution in [2.24, 2.45) is 0 Å². The van der Waals surface area contributed by atoms with Crippen LogP contribution in [-0.2, 0) is 16.8 Å². The molecule has 1 amide bonds. The molecule has 3 aromatic rings. The quantitative estimate of drug-likeness (QED) is 0.719. The lowest BCUT2D eigenvalue weighted by atomic mass is 10.0. The molecular weight excluding hydrogens is 320 g/mol. The highest BCUT2D eigenvalue weighted by Gasteiger charge is 2.28. The first-order valence-corrected chi connectivity index (χ1v) is 8.27. The Morgan fingerprint density at radius 2 is 2.08 bits per heavy atom. The summed E-state index contributed by atoms with van der Waals surface area (Å²) in [5.74, 6) is 1.02. The summed E-state index contributed by atoms with van der Waals surface area (Å²) < 4.78 is 10.8. The van der Waals surface area contributed by atoms with E-state index in [0.717, 1.165) is 22.4 Å². The lowest BCUT2D eigenvalue weighted by molar-refractivity contribution is -0.122. The van der Waals surface area contributed by atoms with Crippen molar-refractivity contribution in [3.8, 4) is 0 Å². The summed E-state index contributed by atoms with van der Waals surface area (Å²) in [5.41, 5.74) is 1.19. The Hall–Kier alpha value is -2.60. The maximum Gasteiger partial charge on any atom is 0.220 e. The molecule has 0 fully saturated rings. The molecule has 0 bridgehead atoms. The number of rotatable bonds is 6. The SMILES string of the molecule is Cc1noc(C)c1CCC(=O)NCC(C)(O)c1cc2ccccc2o1. The fourth-order valence-corrected chi connectivity index (χ4v) is 2.79. The molecule has 25 heavy (non-hydrogen) atoms. The molecule has 0 spiro atoms. The van der Waals surface area contributed by atoms with Crippen molar-refractivity contribution in [1.29, 1.82) is 0 Å². The second-order valence-corrected chi connectivity index (χ2v) is 6.50. The Kier molecular flexibility index (Phi) is 4.63. The van der Waals surface area contributed by atoms with Gasteiger partial charge in [0.15, 0.2) is 0 Å². The molecule has 2 N–H and O–H groups in total. The first-order chi connectivity index (χ1) is 11.9. The second-order valence-electron chi connectivity index (χ2n) is 6.50. The number of nitrogens with zero attached hydrogens (tertiary/aromatic N) is 1. The minimum atomic E-state index is -1.28. The van der Waals surface area contributed by atoms with Crippen LogP contribution in [0.15, 0.2) is 39.3 Å². The largest absolute Gasteiger partial charge is 0.458 e. The lowest BCUT2D eigenvalue weighted by Crippen LogP contribution is -2.38. The number of furan rings is 1. The number of aromatic nitrogens is 1. The Bertz CT molecular complexity index is 839. The monoisotopic (exact) mass is 342 g/mol. The summed E-state index contributed by atoms with van der Waals surface area (Å²) >= 11 is 0. The summed E-state index contributed by atoms with van der Waals surface area (Å²) in [7, 11) is 0. The van der Waals surface area contributed by atoms with E-state index in [9.17, 15) is 9.90 Å². The average molecular weight is 342 g/mol. The van der Waals surface area contributed by atoms with Crippen LogP contribution < -0.4 is 5.32 Å². The number of aryl methyl sites for hydroxylation is 2. The molecule has 3 rings (SSSR count). The van der Waals surface area contributed by atoms with Crippen molar-refractivity contribution in [3.63, 3.8) is 0 Å². The van der Waals surface area contributed by atoms with Crippen molar-refractivity contribution in [3.05, 3.63) is 53.1 Å². The van der Waals surface area contributed by atoms with Crippen LogP contribution in [0, 0.1) is 13.8 Å². The van der Waals surface area contributed by atoms with E-state index in [0.29, 0.717) is 24.2 Å². The van der Waals surface area contributed by atoms with Crippen LogP contribution in [0.25, 0.3) is 11.0 Å². The number of para-hydroxylation sites is 1. The minimum Gasteiger partial charge on any atom is -0.458 e. The zero-order valence-electron chi connectivity index (χ0n) is 14.6. The zero-order chi connectivity index (χ0) is 18.0. The van der Waals surface area contributed by atoms with Gasteiger partial charge in [-0.2, -0.15) is 0 Å². The van der Waals surface area contributed by atoms with Gasteiger partial charge in [0.1, 0.15) is 22.7 Å². The molecule has 0 saturated heterocycles. The van der Waals surface area contributed by atoms with Gasteiger partial charge < -0.3 is 19.4 Å². The van der Waals surface area contributed by atoms with Crippen molar-refractivity contribution in [1.82, 2.24) is 10.5 Å². The number of amides is 1. The van der Waals surface area contributed by atoms with E-state index < -0.39 is 5.60 Å². The zero-order valence-corrected chi connectivity index (χ0v) is 14.6. The van der Waals surface area contributed by atoms with Gasteiger partial charge in [-0.15, -0.1) is 0 Å². The van der Waals surface area contributed by atoms with E-state index in [2.05, 4.69) is 10.5 Å². The van der Waals surface area contributed by atoms with Gasteiger partial charge in [-0.3, -0.25) is 4.79 Å². The average Bonchev–Trinajstić information content (AvgIpc) is 3.16. The molecular formula is C19H22N2O4. The maximum atomic E-state index is 12.1. The molecule has 2 heterocycles. The number of carbonyl (C=O) groups excluding carboxylic acids is 1. The van der Waals surface area contributed by atoms with Gasteiger partial charge in [0.25, 0.3) is 0 Å². The van der Waals surface area contributed by atoms with Crippen LogP contribution in [-0.4, -0.2) is 22.7 Å². The fourth-order valence-electron chi connectivity index (χ4n) is 2.79. The highest BCUT2D eigenvalue weighted by Crippen LogP contribution is 2.27. The molecule has 0 aliphatic heterocycles. The fraction of sp³-hybridized carbons (Fsp3) is 0.368. The molecule has 1 aromatic carbocycles. The van der Waals surface area contributed by atoms with E-state index >= 15 is 0 Å². The van der Waals surface area contributed by atoms with Gasteiger partial charge in [-0.05, 0) is 39.3 Å². The molecule has 2 aromatic heterocycles. The Labute approximate surface area is 145 Å². The van der Waals surface area contributed by atoms with E-state index in [-0.39, 0.29) is 12.5 Å². The number of hydrogen-bond donors (Lipinski definition) is 2. The first kappa shape index (κ1) is 17.2. The third-order valence-corrected chi connectivity index (χ3v) is 4.37. The van der Waals surface area contributed by atoms with Crippen LogP contribution in [0.2, 0.25) is 0 Å². The number of aliphatic hydroxyl groups is 1. The summed E-state index contributed by atoms with van der Waals surface area (Å²) in [6.07, 6.45) is 0.860. The minimum absolute atomic E-state index is 0.0766. The normalized spacial score (nSPS) is 13.8. The van der Waals surface area contributed by atoms with Crippen molar-refractivity contribution in [2.75, 3.05) is 6.54 Å². The molecule has 6 heteroatoms. The highest BCUT2D eigenvalue weighted by atomic mass is 16.5. The Morgan fingerprint density at radius 3 is 2.76 bits per heavy atom. The summed E-state index contributed by atoms with van der Waals surface area (Å²) in [4.78, 5) is 12.1. The van der Waals surface area contributed by atoms with Crippen molar-refractivity contribution >= 4 is 16.9 Å². The van der Waals surface area contributed by atoms with E-state index in [1.165, 1.54) is 0 Å². The molecule has 0 aliphatic carbocycles. The maximum absolute atomic E-state index is 12.1. The van der Waals surface area contributed by atoms with Crippen LogP contribution in [0.3, 0.4) is 0 Å².